The average Bonchev–Trinajstić information content (AvgIpc) is 1.95. The number of oxime groups is 1. The Morgan fingerprint density at radius 3 is 2.31 bits per heavy atom. The second-order valence-electron chi connectivity index (χ2n) is 2.76. The van der Waals surface area contributed by atoms with Gasteiger partial charge >= 0.3 is 12.1 Å². The molecule has 0 aromatic heterocycles. The molecule has 0 aliphatic carbocycles. The molecule has 0 amide bonds. The van der Waals surface area contributed by atoms with Crippen molar-refractivity contribution in [2.75, 3.05) is 6.54 Å². The van der Waals surface area contributed by atoms with Gasteiger partial charge in [-0.15, -0.1) is 0 Å². The smallest absolute Gasteiger partial charge is 0.332 e. The predicted molar refractivity (Wildman–Crippen MR) is 43.8 cm³/mol. The minimum Gasteiger partial charge on any atom is -0.332 e. The van der Waals surface area contributed by atoms with Crippen LogP contribution in [-0.2, 0) is 4.84 Å². The van der Waals surface area contributed by atoms with Crippen LogP contribution in [0.5, 0.6) is 0 Å². The summed E-state index contributed by atoms with van der Waals surface area (Å²) in [6, 6.07) is 0. The lowest BCUT2D eigenvalue weighted by atomic mass is 10.2. The second-order valence-corrected chi connectivity index (χ2v) is 2.76. The van der Waals surface area contributed by atoms with E-state index in [0.29, 0.717) is 0 Å². The van der Waals surface area contributed by atoms with Crippen molar-refractivity contribution in [3.05, 3.63) is 0 Å². The molecule has 0 saturated heterocycles. The van der Waals surface area contributed by atoms with E-state index in [-0.39, 0.29) is 12.5 Å². The van der Waals surface area contributed by atoms with Crippen molar-refractivity contribution >= 4 is 12.6 Å². The van der Waals surface area contributed by atoms with E-state index in [1.165, 1.54) is 0 Å². The largest absolute Gasteiger partial charge is 0.471 e. The van der Waals surface area contributed by atoms with E-state index in [9.17, 15) is 13.2 Å². The summed E-state index contributed by atoms with van der Waals surface area (Å²) < 4.78 is 36.0. The van der Waals surface area contributed by atoms with Crippen LogP contribution in [0.1, 0.15) is 13.8 Å². The molecule has 0 rings (SSSR count). The minimum atomic E-state index is -4.60. The summed E-state index contributed by atoms with van der Waals surface area (Å²) in [7, 11) is 0. The number of rotatable bonds is 3. The Morgan fingerprint density at radius 1 is 1.46 bits per heavy atom. The third kappa shape index (κ3) is 5.21. The fraction of sp³-hybridized carbons (Fsp3) is 0.714. The van der Waals surface area contributed by atoms with Crippen LogP contribution in [0, 0.1) is 5.92 Å². The van der Waals surface area contributed by atoms with Crippen LogP contribution in [-0.4, -0.2) is 25.3 Å². The number of hydrogen-bond acceptors (Lipinski definition) is 3. The van der Waals surface area contributed by atoms with E-state index < -0.39 is 12.1 Å². The zero-order chi connectivity index (χ0) is 10.5. The summed E-state index contributed by atoms with van der Waals surface area (Å²) in [6.07, 6.45) is -4.60. The van der Waals surface area contributed by atoms with Gasteiger partial charge in [0.25, 0.3) is 0 Å². The van der Waals surface area contributed by atoms with E-state index >= 15 is 0 Å². The van der Waals surface area contributed by atoms with Crippen LogP contribution in [0.3, 0.4) is 0 Å². The van der Waals surface area contributed by atoms with E-state index in [2.05, 4.69) is 21.7 Å². The molecule has 0 bridgehead atoms. The highest BCUT2D eigenvalue weighted by Crippen LogP contribution is 2.18. The first kappa shape index (κ1) is 11.9. The predicted octanol–water partition coefficient (Wildman–Crippen LogP) is 2.24. The molecule has 3 nitrogen and oxygen atoms in total. The Balaban J connectivity index is 4.41. The van der Waals surface area contributed by atoms with Gasteiger partial charge in [-0.05, 0) is 5.92 Å². The van der Waals surface area contributed by atoms with Gasteiger partial charge in [0.2, 0.25) is 0 Å². The SMILES string of the molecule is C=NOC(=NCC(C)C)C(F)(F)F. The molecular weight excluding hydrogens is 185 g/mol. The summed E-state index contributed by atoms with van der Waals surface area (Å²) in [5.74, 6) is -1.32. The lowest BCUT2D eigenvalue weighted by Gasteiger charge is -2.07. The summed E-state index contributed by atoms with van der Waals surface area (Å²) in [6.45, 7) is 6.33. The monoisotopic (exact) mass is 196 g/mol. The molecule has 0 aromatic carbocycles. The van der Waals surface area contributed by atoms with Crippen molar-refractivity contribution < 1.29 is 18.0 Å². The topological polar surface area (TPSA) is 34.0 Å². The maximum absolute atomic E-state index is 12.0. The van der Waals surface area contributed by atoms with E-state index in [1.54, 1.807) is 13.8 Å². The molecule has 0 aliphatic heterocycles. The zero-order valence-corrected chi connectivity index (χ0v) is 7.43. The Hall–Kier alpha value is -1.07. The van der Waals surface area contributed by atoms with Crippen LogP contribution in [0.2, 0.25) is 0 Å². The van der Waals surface area contributed by atoms with Gasteiger partial charge in [0.1, 0.15) is 0 Å². The van der Waals surface area contributed by atoms with Gasteiger partial charge in [-0.3, -0.25) is 0 Å². The lowest BCUT2D eigenvalue weighted by Crippen LogP contribution is -2.25. The van der Waals surface area contributed by atoms with Crippen molar-refractivity contribution in [1.82, 2.24) is 0 Å². The molecule has 0 spiro atoms. The third-order valence-electron chi connectivity index (χ3n) is 0.994. The number of nitrogens with zero attached hydrogens (tertiary/aromatic N) is 2. The summed E-state index contributed by atoms with van der Waals surface area (Å²) in [5, 5.41) is 2.68. The molecule has 0 saturated carbocycles. The molecule has 0 aromatic rings. The van der Waals surface area contributed by atoms with Crippen molar-refractivity contribution in [2.24, 2.45) is 16.1 Å². The van der Waals surface area contributed by atoms with Gasteiger partial charge in [-0.25, -0.2) is 4.99 Å². The molecule has 0 aliphatic rings. The number of aliphatic imine (C=N–C) groups is 1. The number of hydrogen-bond donors (Lipinski definition) is 0. The van der Waals surface area contributed by atoms with Crippen LogP contribution in [0.25, 0.3) is 0 Å². The maximum atomic E-state index is 12.0. The summed E-state index contributed by atoms with van der Waals surface area (Å²) in [4.78, 5) is 7.12. The number of alkyl halides is 3. The Labute approximate surface area is 74.3 Å². The fourth-order valence-corrected chi connectivity index (χ4v) is 0.497. The number of halogens is 3. The summed E-state index contributed by atoms with van der Waals surface area (Å²) in [5.41, 5.74) is 0. The van der Waals surface area contributed by atoms with Crippen molar-refractivity contribution in [3.63, 3.8) is 0 Å². The van der Waals surface area contributed by atoms with Crippen molar-refractivity contribution in [1.29, 1.82) is 0 Å². The Morgan fingerprint density at radius 2 is 2.00 bits per heavy atom. The molecular formula is C7H11F3N2O. The molecule has 0 fully saturated rings. The first-order valence-corrected chi connectivity index (χ1v) is 3.62. The molecule has 0 N–H and O–H groups in total. The third-order valence-corrected chi connectivity index (χ3v) is 0.994. The Bertz CT molecular complexity index is 198. The van der Waals surface area contributed by atoms with Crippen LogP contribution >= 0.6 is 0 Å². The highest BCUT2D eigenvalue weighted by molar-refractivity contribution is 5.81. The Kier molecular flexibility index (Phi) is 4.44. The first-order valence-electron chi connectivity index (χ1n) is 3.62. The van der Waals surface area contributed by atoms with Crippen LogP contribution in [0.4, 0.5) is 13.2 Å². The molecule has 76 valence electrons. The highest BCUT2D eigenvalue weighted by atomic mass is 19.4. The molecule has 13 heavy (non-hydrogen) atoms. The quantitative estimate of drug-likeness (QED) is 0.387. The van der Waals surface area contributed by atoms with Gasteiger partial charge in [0.15, 0.2) is 0 Å². The maximum Gasteiger partial charge on any atom is 0.471 e. The van der Waals surface area contributed by atoms with Crippen LogP contribution in [0.15, 0.2) is 10.1 Å². The summed E-state index contributed by atoms with van der Waals surface area (Å²) >= 11 is 0. The van der Waals surface area contributed by atoms with Crippen molar-refractivity contribution in [3.8, 4) is 0 Å². The molecule has 0 heterocycles. The van der Waals surface area contributed by atoms with Gasteiger partial charge in [-0.1, -0.05) is 19.0 Å². The average molecular weight is 196 g/mol. The minimum absolute atomic E-state index is 0.0331. The van der Waals surface area contributed by atoms with Gasteiger partial charge in [0.05, 0.1) is 0 Å². The lowest BCUT2D eigenvalue weighted by molar-refractivity contribution is -0.0783. The zero-order valence-electron chi connectivity index (χ0n) is 7.43. The normalized spacial score (nSPS) is 13.2. The first-order chi connectivity index (χ1) is 5.88. The van der Waals surface area contributed by atoms with Gasteiger partial charge < -0.3 is 4.84 Å². The standard InChI is InChI=1S/C7H11F3N2O/c1-5(2)4-12-6(13-11-3)7(8,9)10/h5H,3-4H2,1-2H3. The fourth-order valence-electron chi connectivity index (χ4n) is 0.497. The van der Waals surface area contributed by atoms with Crippen LogP contribution < -0.4 is 0 Å². The van der Waals surface area contributed by atoms with E-state index in [4.69, 9.17) is 0 Å². The van der Waals surface area contributed by atoms with Gasteiger partial charge in [-0.2, -0.15) is 13.2 Å². The molecule has 0 radical (unpaired) electrons. The van der Waals surface area contributed by atoms with E-state index in [0.717, 1.165) is 0 Å². The highest BCUT2D eigenvalue weighted by Gasteiger charge is 2.38. The molecule has 0 unspecified atom stereocenters. The molecule has 6 heteroatoms. The van der Waals surface area contributed by atoms with Gasteiger partial charge in [0, 0.05) is 13.3 Å². The van der Waals surface area contributed by atoms with Crippen molar-refractivity contribution in [2.45, 2.75) is 20.0 Å². The second kappa shape index (κ2) is 4.84. The van der Waals surface area contributed by atoms with E-state index in [1.807, 2.05) is 0 Å². The molecule has 0 atom stereocenters.